The zero-order chi connectivity index (χ0) is 16.0. The van der Waals surface area contributed by atoms with Crippen LogP contribution in [-0.2, 0) is 11.2 Å². The molecule has 1 aromatic carbocycles. The lowest BCUT2D eigenvalue weighted by atomic mass is 9.99. The first-order valence-corrected chi connectivity index (χ1v) is 7.01. The van der Waals surface area contributed by atoms with E-state index in [1.807, 2.05) is 0 Å². The Morgan fingerprint density at radius 1 is 1.26 bits per heavy atom. The fourth-order valence-electron chi connectivity index (χ4n) is 2.61. The lowest BCUT2D eigenvalue weighted by Crippen LogP contribution is -2.47. The van der Waals surface area contributed by atoms with Crippen molar-refractivity contribution in [3.05, 3.63) is 48.3 Å². The van der Waals surface area contributed by atoms with Crippen molar-refractivity contribution in [2.75, 3.05) is 5.06 Å². The van der Waals surface area contributed by atoms with Crippen LogP contribution in [-0.4, -0.2) is 31.8 Å². The molecule has 0 saturated carbocycles. The van der Waals surface area contributed by atoms with Gasteiger partial charge in [-0.25, -0.2) is 4.98 Å². The summed E-state index contributed by atoms with van der Waals surface area (Å²) >= 11 is 0. The largest absolute Gasteiger partial charge is 0.439 e. The molecule has 1 atom stereocenters. The highest BCUT2D eigenvalue weighted by molar-refractivity contribution is 5.98. The van der Waals surface area contributed by atoms with Crippen LogP contribution < -0.4 is 15.5 Å². The lowest BCUT2D eigenvalue weighted by Gasteiger charge is -2.27. The Morgan fingerprint density at radius 2 is 2.13 bits per heavy atom. The average molecular weight is 311 g/mol. The molecule has 3 aromatic rings. The van der Waals surface area contributed by atoms with Gasteiger partial charge < -0.3 is 10.5 Å². The van der Waals surface area contributed by atoms with Gasteiger partial charge in [0.25, 0.3) is 5.91 Å². The summed E-state index contributed by atoms with van der Waals surface area (Å²) < 4.78 is 7.42. The zero-order valence-electron chi connectivity index (χ0n) is 12.0. The maximum atomic E-state index is 11.7. The van der Waals surface area contributed by atoms with Crippen molar-refractivity contribution >= 4 is 17.2 Å². The fraction of sp³-hybridized carbons (Fsp3) is 0.133. The fourth-order valence-corrected chi connectivity index (χ4v) is 2.61. The Hall–Kier alpha value is -2.97. The van der Waals surface area contributed by atoms with Crippen LogP contribution in [0.15, 0.2) is 42.7 Å². The molecule has 1 unspecified atom stereocenters. The molecule has 0 radical (unpaired) electrons. The van der Waals surface area contributed by atoms with Gasteiger partial charge in [-0.15, -0.1) is 0 Å². The van der Waals surface area contributed by atoms with Gasteiger partial charge in [0.1, 0.15) is 5.75 Å². The van der Waals surface area contributed by atoms with E-state index in [0.717, 1.165) is 5.56 Å². The van der Waals surface area contributed by atoms with Crippen LogP contribution in [0.2, 0.25) is 0 Å². The summed E-state index contributed by atoms with van der Waals surface area (Å²) in [6.07, 6.45) is 3.61. The number of anilines is 1. The number of benzene rings is 1. The molecular weight excluding hydrogens is 298 g/mol. The van der Waals surface area contributed by atoms with Gasteiger partial charge in [-0.05, 0) is 30.2 Å². The second-order valence-electron chi connectivity index (χ2n) is 5.24. The molecule has 1 amide bonds. The average Bonchev–Trinajstić information content (AvgIpc) is 3.02. The van der Waals surface area contributed by atoms with Crippen LogP contribution in [0.4, 0.5) is 5.69 Å². The number of hydrogen-bond donors (Lipinski definition) is 2. The molecule has 8 nitrogen and oxygen atoms in total. The molecule has 1 aliphatic heterocycles. The molecule has 2 aromatic heterocycles. The van der Waals surface area contributed by atoms with Crippen LogP contribution >= 0.6 is 0 Å². The first-order chi connectivity index (χ1) is 11.1. The minimum absolute atomic E-state index is 0.343. The van der Waals surface area contributed by atoms with Crippen LogP contribution in [0.5, 0.6) is 11.6 Å². The molecule has 116 valence electrons. The summed E-state index contributed by atoms with van der Waals surface area (Å²) in [6, 6.07) is 7.75. The van der Waals surface area contributed by atoms with Gasteiger partial charge in [0.15, 0.2) is 5.65 Å². The topological polar surface area (TPSA) is 106 Å². The van der Waals surface area contributed by atoms with Crippen molar-refractivity contribution in [2.24, 2.45) is 5.73 Å². The van der Waals surface area contributed by atoms with Gasteiger partial charge in [0.2, 0.25) is 5.88 Å². The summed E-state index contributed by atoms with van der Waals surface area (Å²) in [5, 5.41) is 14.6. The Balaban J connectivity index is 1.70. The number of amides is 1. The van der Waals surface area contributed by atoms with Crippen LogP contribution in [0.25, 0.3) is 5.65 Å². The molecule has 8 heteroatoms. The standard InChI is InChI=1S/C15H13N5O3/c16-11-8-9-7-10(1-2-12(9)20(22)15(11)21)23-14-4-5-17-13-3-6-18-19(13)14/h1-7,11,22H,8,16H2. The minimum Gasteiger partial charge on any atom is -0.439 e. The molecule has 3 heterocycles. The predicted molar refractivity (Wildman–Crippen MR) is 80.5 cm³/mol. The molecular formula is C15H13N5O3. The Kier molecular flexibility index (Phi) is 3.00. The zero-order valence-corrected chi connectivity index (χ0v) is 12.0. The van der Waals surface area contributed by atoms with Crippen LogP contribution in [0, 0.1) is 0 Å². The molecule has 1 aliphatic rings. The Bertz CT molecular complexity index is 907. The van der Waals surface area contributed by atoms with E-state index in [2.05, 4.69) is 10.1 Å². The highest BCUT2D eigenvalue weighted by Crippen LogP contribution is 2.31. The van der Waals surface area contributed by atoms with Gasteiger partial charge >= 0.3 is 0 Å². The number of nitrogens with two attached hydrogens (primary N) is 1. The first kappa shape index (κ1) is 13.7. The highest BCUT2D eigenvalue weighted by atomic mass is 16.5. The SMILES string of the molecule is NC1Cc2cc(Oc3ccnc4ccnn34)ccc2N(O)C1=O. The number of nitrogens with zero attached hydrogens (tertiary/aromatic N) is 4. The van der Waals surface area contributed by atoms with Crippen LogP contribution in [0.3, 0.4) is 0 Å². The minimum atomic E-state index is -0.763. The quantitative estimate of drug-likeness (QED) is 0.687. The molecule has 0 fully saturated rings. The van der Waals surface area contributed by atoms with E-state index in [0.29, 0.717) is 34.4 Å². The normalized spacial score (nSPS) is 17.4. The van der Waals surface area contributed by atoms with Crippen molar-refractivity contribution in [3.8, 4) is 11.6 Å². The smallest absolute Gasteiger partial charge is 0.267 e. The Morgan fingerprint density at radius 3 is 3.00 bits per heavy atom. The van der Waals surface area contributed by atoms with E-state index in [1.165, 1.54) is 0 Å². The van der Waals surface area contributed by atoms with E-state index in [-0.39, 0.29) is 0 Å². The summed E-state index contributed by atoms with van der Waals surface area (Å²) in [4.78, 5) is 15.9. The monoisotopic (exact) mass is 311 g/mol. The lowest BCUT2D eigenvalue weighted by molar-refractivity contribution is -0.125. The summed E-state index contributed by atoms with van der Waals surface area (Å²) in [6.45, 7) is 0. The maximum Gasteiger partial charge on any atom is 0.267 e. The molecule has 0 saturated heterocycles. The third kappa shape index (κ3) is 2.20. The molecule has 3 N–H and O–H groups in total. The Labute approximate surface area is 130 Å². The van der Waals surface area contributed by atoms with Gasteiger partial charge in [-0.2, -0.15) is 14.7 Å². The second kappa shape index (κ2) is 5.04. The van der Waals surface area contributed by atoms with Gasteiger partial charge in [0.05, 0.1) is 17.9 Å². The van der Waals surface area contributed by atoms with Gasteiger partial charge in [-0.1, -0.05) is 0 Å². The number of fused-ring (bicyclic) bond motifs is 2. The molecule has 0 aliphatic carbocycles. The third-order valence-electron chi connectivity index (χ3n) is 3.72. The maximum absolute atomic E-state index is 11.7. The van der Waals surface area contributed by atoms with E-state index in [9.17, 15) is 10.0 Å². The van der Waals surface area contributed by atoms with Gasteiger partial charge in [-0.3, -0.25) is 10.0 Å². The van der Waals surface area contributed by atoms with Crippen molar-refractivity contribution in [3.63, 3.8) is 0 Å². The van der Waals surface area contributed by atoms with Crippen LogP contribution in [0.1, 0.15) is 5.56 Å². The first-order valence-electron chi connectivity index (χ1n) is 7.01. The third-order valence-corrected chi connectivity index (χ3v) is 3.72. The molecule has 4 rings (SSSR count). The molecule has 0 spiro atoms. The number of aromatic nitrogens is 3. The van der Waals surface area contributed by atoms with E-state index >= 15 is 0 Å². The number of rotatable bonds is 2. The summed E-state index contributed by atoms with van der Waals surface area (Å²) in [7, 11) is 0. The molecule has 23 heavy (non-hydrogen) atoms. The van der Waals surface area contributed by atoms with E-state index in [4.69, 9.17) is 10.5 Å². The summed E-state index contributed by atoms with van der Waals surface area (Å²) in [5.41, 5.74) is 7.57. The number of carbonyl (C=O) groups excluding carboxylic acids is 1. The van der Waals surface area contributed by atoms with Crippen molar-refractivity contribution in [1.29, 1.82) is 0 Å². The van der Waals surface area contributed by atoms with Crippen molar-refractivity contribution in [1.82, 2.24) is 14.6 Å². The number of hydroxylamine groups is 1. The second-order valence-corrected chi connectivity index (χ2v) is 5.24. The summed E-state index contributed by atoms with van der Waals surface area (Å²) in [5.74, 6) is 0.553. The number of hydrogen-bond acceptors (Lipinski definition) is 6. The van der Waals surface area contributed by atoms with E-state index < -0.39 is 11.9 Å². The predicted octanol–water partition coefficient (Wildman–Crippen LogP) is 1.13. The van der Waals surface area contributed by atoms with Gasteiger partial charge in [0, 0.05) is 18.3 Å². The molecule has 0 bridgehead atoms. The van der Waals surface area contributed by atoms with E-state index in [1.54, 1.807) is 47.2 Å². The number of carbonyl (C=O) groups is 1. The number of ether oxygens (including phenoxy) is 1. The van der Waals surface area contributed by atoms with Crippen molar-refractivity contribution < 1.29 is 14.7 Å². The van der Waals surface area contributed by atoms with Crippen molar-refractivity contribution in [2.45, 2.75) is 12.5 Å². The highest BCUT2D eigenvalue weighted by Gasteiger charge is 2.29.